The van der Waals surface area contributed by atoms with Gasteiger partial charge in [-0.2, -0.15) is 0 Å². The second-order valence-electron chi connectivity index (χ2n) is 7.84. The highest BCUT2D eigenvalue weighted by molar-refractivity contribution is 5.79. The first-order chi connectivity index (χ1) is 14.2. The van der Waals surface area contributed by atoms with Gasteiger partial charge >= 0.3 is 0 Å². The lowest BCUT2D eigenvalue weighted by Gasteiger charge is -2.34. The van der Waals surface area contributed by atoms with Gasteiger partial charge in [-0.1, -0.05) is 19.1 Å². The van der Waals surface area contributed by atoms with Crippen molar-refractivity contribution in [2.45, 2.75) is 32.9 Å². The van der Waals surface area contributed by atoms with Crippen molar-refractivity contribution in [2.24, 2.45) is 4.99 Å². The molecule has 162 valence electrons. The molecule has 0 aliphatic carbocycles. The zero-order valence-electron chi connectivity index (χ0n) is 18.2. The van der Waals surface area contributed by atoms with E-state index in [1.165, 1.54) is 18.7 Å². The molecular formula is C22H37N5O2. The first-order valence-electron chi connectivity index (χ1n) is 10.9. The third-order valence-electron chi connectivity index (χ3n) is 5.71. The Morgan fingerprint density at radius 2 is 2.00 bits per heavy atom. The number of hydrogen-bond donors (Lipinski definition) is 2. The van der Waals surface area contributed by atoms with Gasteiger partial charge in [0.1, 0.15) is 11.9 Å². The maximum Gasteiger partial charge on any atom is 0.191 e. The maximum absolute atomic E-state index is 6.20. The third kappa shape index (κ3) is 6.87. The maximum atomic E-state index is 6.20. The van der Waals surface area contributed by atoms with Crippen molar-refractivity contribution in [3.05, 3.63) is 29.3 Å². The van der Waals surface area contributed by atoms with Crippen molar-refractivity contribution in [3.63, 3.8) is 0 Å². The van der Waals surface area contributed by atoms with Gasteiger partial charge in [0.25, 0.3) is 0 Å². The van der Waals surface area contributed by atoms with Crippen LogP contribution >= 0.6 is 0 Å². The topological polar surface area (TPSA) is 61.4 Å². The molecule has 0 spiro atoms. The normalized spacial score (nSPS) is 21.3. The van der Waals surface area contributed by atoms with E-state index in [0.29, 0.717) is 13.2 Å². The summed E-state index contributed by atoms with van der Waals surface area (Å²) in [6.45, 7) is 14.2. The molecule has 0 saturated carbocycles. The van der Waals surface area contributed by atoms with Crippen molar-refractivity contribution in [2.75, 3.05) is 66.1 Å². The fourth-order valence-electron chi connectivity index (χ4n) is 3.76. The third-order valence-corrected chi connectivity index (χ3v) is 5.71. The summed E-state index contributed by atoms with van der Waals surface area (Å²) in [7, 11) is 1.82. The lowest BCUT2D eigenvalue weighted by atomic mass is 10.1. The van der Waals surface area contributed by atoms with Crippen LogP contribution in [0.5, 0.6) is 5.75 Å². The molecule has 1 atom stereocenters. The van der Waals surface area contributed by atoms with Gasteiger partial charge in [0.15, 0.2) is 5.96 Å². The summed E-state index contributed by atoms with van der Waals surface area (Å²) in [4.78, 5) is 9.39. The van der Waals surface area contributed by atoms with Crippen LogP contribution in [0.4, 0.5) is 0 Å². The molecule has 2 heterocycles. The molecule has 3 rings (SSSR count). The predicted octanol–water partition coefficient (Wildman–Crippen LogP) is 1.47. The molecule has 2 aliphatic rings. The second kappa shape index (κ2) is 11.4. The van der Waals surface area contributed by atoms with E-state index in [4.69, 9.17) is 9.47 Å². The molecule has 2 saturated heterocycles. The Balaban J connectivity index is 1.44. The molecule has 1 aromatic rings. The molecule has 0 aromatic heterocycles. The van der Waals surface area contributed by atoms with E-state index >= 15 is 0 Å². The van der Waals surface area contributed by atoms with Crippen LogP contribution in [-0.2, 0) is 11.3 Å². The number of benzene rings is 1. The van der Waals surface area contributed by atoms with Gasteiger partial charge < -0.3 is 25.0 Å². The zero-order chi connectivity index (χ0) is 20.5. The van der Waals surface area contributed by atoms with Gasteiger partial charge in [-0.3, -0.25) is 9.89 Å². The van der Waals surface area contributed by atoms with Gasteiger partial charge in [0.05, 0.1) is 13.2 Å². The molecule has 2 aliphatic heterocycles. The lowest BCUT2D eigenvalue weighted by molar-refractivity contribution is 0.139. The first-order valence-corrected chi connectivity index (χ1v) is 10.9. The number of piperazine rings is 1. The molecule has 1 unspecified atom stereocenters. The fraction of sp³-hybridized carbons (Fsp3) is 0.682. The zero-order valence-corrected chi connectivity index (χ0v) is 18.2. The summed E-state index contributed by atoms with van der Waals surface area (Å²) in [5.74, 6) is 1.77. The Bertz CT molecular complexity index is 653. The van der Waals surface area contributed by atoms with Crippen LogP contribution in [0, 0.1) is 6.92 Å². The van der Waals surface area contributed by atoms with Gasteiger partial charge in [-0.15, -0.1) is 0 Å². The van der Waals surface area contributed by atoms with Crippen molar-refractivity contribution >= 4 is 5.96 Å². The molecular weight excluding hydrogens is 366 g/mol. The summed E-state index contributed by atoms with van der Waals surface area (Å²) < 4.78 is 11.6. The molecule has 2 fully saturated rings. The SMILES string of the molecule is CCN1CCN(CCNC(=NC)NCc2ccc(C)cc2OC2CCOC2)CC1. The lowest BCUT2D eigenvalue weighted by Crippen LogP contribution is -2.49. The van der Waals surface area contributed by atoms with E-state index in [-0.39, 0.29) is 6.10 Å². The summed E-state index contributed by atoms with van der Waals surface area (Å²) in [6, 6.07) is 6.37. The average molecular weight is 404 g/mol. The minimum absolute atomic E-state index is 0.154. The van der Waals surface area contributed by atoms with Crippen LogP contribution in [0.25, 0.3) is 0 Å². The smallest absolute Gasteiger partial charge is 0.191 e. The largest absolute Gasteiger partial charge is 0.488 e. The standard InChI is InChI=1S/C22H37N5O2/c1-4-26-10-12-27(13-11-26)9-8-24-22(23-3)25-16-19-6-5-18(2)15-21(19)29-20-7-14-28-17-20/h5-6,15,20H,4,7-14,16-17H2,1-3H3,(H2,23,24,25). The van der Waals surface area contributed by atoms with Crippen LogP contribution in [0.2, 0.25) is 0 Å². The Morgan fingerprint density at radius 1 is 1.21 bits per heavy atom. The molecule has 1 aromatic carbocycles. The Kier molecular flexibility index (Phi) is 8.58. The number of nitrogens with zero attached hydrogens (tertiary/aromatic N) is 3. The number of ether oxygens (including phenoxy) is 2. The molecule has 7 nitrogen and oxygen atoms in total. The highest BCUT2D eigenvalue weighted by Gasteiger charge is 2.19. The average Bonchev–Trinajstić information content (AvgIpc) is 3.25. The molecule has 0 radical (unpaired) electrons. The number of aryl methyl sites for hydroxylation is 1. The summed E-state index contributed by atoms with van der Waals surface area (Å²) >= 11 is 0. The number of aliphatic imine (C=N–C) groups is 1. The number of rotatable bonds is 8. The minimum atomic E-state index is 0.154. The Morgan fingerprint density at radius 3 is 2.69 bits per heavy atom. The number of hydrogen-bond acceptors (Lipinski definition) is 5. The number of likely N-dealkylation sites (N-methyl/N-ethyl adjacent to an activating group) is 1. The highest BCUT2D eigenvalue weighted by atomic mass is 16.5. The van der Waals surface area contributed by atoms with Crippen LogP contribution in [0.15, 0.2) is 23.2 Å². The van der Waals surface area contributed by atoms with Gasteiger partial charge in [0.2, 0.25) is 0 Å². The quantitative estimate of drug-likeness (QED) is 0.506. The predicted molar refractivity (Wildman–Crippen MR) is 118 cm³/mol. The van der Waals surface area contributed by atoms with E-state index in [0.717, 1.165) is 63.0 Å². The molecule has 7 heteroatoms. The van der Waals surface area contributed by atoms with Crippen molar-refractivity contribution in [3.8, 4) is 5.75 Å². The Hall–Kier alpha value is -1.83. The van der Waals surface area contributed by atoms with E-state index < -0.39 is 0 Å². The van der Waals surface area contributed by atoms with Gasteiger partial charge in [-0.05, 0) is 25.1 Å². The highest BCUT2D eigenvalue weighted by Crippen LogP contribution is 2.23. The number of nitrogens with one attached hydrogen (secondary N) is 2. The first kappa shape index (κ1) is 21.9. The summed E-state index contributed by atoms with van der Waals surface area (Å²) in [5, 5.41) is 6.86. The van der Waals surface area contributed by atoms with Crippen molar-refractivity contribution in [1.29, 1.82) is 0 Å². The minimum Gasteiger partial charge on any atom is -0.488 e. The molecule has 2 N–H and O–H groups in total. The van der Waals surface area contributed by atoms with Crippen LogP contribution in [-0.4, -0.2) is 87.9 Å². The van der Waals surface area contributed by atoms with Crippen molar-refractivity contribution < 1.29 is 9.47 Å². The summed E-state index contributed by atoms with van der Waals surface area (Å²) in [5.41, 5.74) is 2.34. The van der Waals surface area contributed by atoms with Crippen molar-refractivity contribution in [1.82, 2.24) is 20.4 Å². The number of guanidine groups is 1. The fourth-order valence-corrected chi connectivity index (χ4v) is 3.76. The van der Waals surface area contributed by atoms with Crippen LogP contribution < -0.4 is 15.4 Å². The van der Waals surface area contributed by atoms with E-state index in [9.17, 15) is 0 Å². The summed E-state index contributed by atoms with van der Waals surface area (Å²) in [6.07, 6.45) is 1.11. The van der Waals surface area contributed by atoms with Crippen LogP contribution in [0.3, 0.4) is 0 Å². The van der Waals surface area contributed by atoms with Gasteiger partial charge in [0, 0.05) is 64.8 Å². The van der Waals surface area contributed by atoms with Crippen LogP contribution in [0.1, 0.15) is 24.5 Å². The van der Waals surface area contributed by atoms with E-state index in [2.05, 4.69) is 57.5 Å². The second-order valence-corrected chi connectivity index (χ2v) is 7.84. The van der Waals surface area contributed by atoms with E-state index in [1.54, 1.807) is 0 Å². The molecule has 29 heavy (non-hydrogen) atoms. The monoisotopic (exact) mass is 403 g/mol. The Labute approximate surface area is 175 Å². The van der Waals surface area contributed by atoms with E-state index in [1.807, 2.05) is 7.05 Å². The van der Waals surface area contributed by atoms with Gasteiger partial charge in [-0.25, -0.2) is 0 Å². The molecule has 0 amide bonds. The molecule has 0 bridgehead atoms.